The molecule has 0 aliphatic carbocycles. The minimum absolute atomic E-state index is 0.0367. The number of halogens is 1. The molecule has 20 heavy (non-hydrogen) atoms. The SMILES string of the molecule is CC(C)Oc1nn(C2CCCCO2)c2ccc(Cl)nc12. The van der Waals surface area contributed by atoms with E-state index in [0.717, 1.165) is 31.4 Å². The third-order valence-electron chi connectivity index (χ3n) is 3.26. The fourth-order valence-electron chi connectivity index (χ4n) is 2.41. The zero-order chi connectivity index (χ0) is 14.1. The van der Waals surface area contributed by atoms with Gasteiger partial charge in [0.1, 0.15) is 5.15 Å². The molecule has 0 aromatic carbocycles. The number of pyridine rings is 1. The summed E-state index contributed by atoms with van der Waals surface area (Å²) in [5.74, 6) is 0.520. The molecule has 2 aromatic rings. The van der Waals surface area contributed by atoms with E-state index in [1.54, 1.807) is 6.07 Å². The summed E-state index contributed by atoms with van der Waals surface area (Å²) in [4.78, 5) is 4.35. The van der Waals surface area contributed by atoms with E-state index < -0.39 is 0 Å². The van der Waals surface area contributed by atoms with Crippen LogP contribution in [-0.2, 0) is 4.74 Å². The van der Waals surface area contributed by atoms with Gasteiger partial charge in [-0.25, -0.2) is 9.67 Å². The van der Waals surface area contributed by atoms with Crippen molar-refractivity contribution < 1.29 is 9.47 Å². The molecule has 3 rings (SSSR count). The summed E-state index contributed by atoms with van der Waals surface area (Å²) in [6.07, 6.45) is 3.21. The Morgan fingerprint density at radius 2 is 2.25 bits per heavy atom. The van der Waals surface area contributed by atoms with E-state index in [9.17, 15) is 0 Å². The third-order valence-corrected chi connectivity index (χ3v) is 3.47. The smallest absolute Gasteiger partial charge is 0.260 e. The maximum Gasteiger partial charge on any atom is 0.260 e. The number of hydrogen-bond acceptors (Lipinski definition) is 4. The van der Waals surface area contributed by atoms with Gasteiger partial charge in [-0.1, -0.05) is 11.6 Å². The normalized spacial score (nSPS) is 19.7. The molecule has 0 spiro atoms. The minimum atomic E-state index is -0.0428. The van der Waals surface area contributed by atoms with Gasteiger partial charge >= 0.3 is 0 Å². The van der Waals surface area contributed by atoms with Gasteiger partial charge in [0.2, 0.25) is 0 Å². The highest BCUT2D eigenvalue weighted by molar-refractivity contribution is 6.29. The van der Waals surface area contributed by atoms with Gasteiger partial charge in [0.05, 0.1) is 11.6 Å². The molecule has 0 amide bonds. The zero-order valence-electron chi connectivity index (χ0n) is 11.7. The Hall–Kier alpha value is -1.33. The molecule has 3 heterocycles. The predicted octanol–water partition coefficient (Wildman–Crippen LogP) is 3.57. The van der Waals surface area contributed by atoms with Crippen molar-refractivity contribution in [1.29, 1.82) is 0 Å². The van der Waals surface area contributed by atoms with E-state index in [4.69, 9.17) is 21.1 Å². The van der Waals surface area contributed by atoms with Gasteiger partial charge in [-0.05, 0) is 45.2 Å². The second-order valence-corrected chi connectivity index (χ2v) is 5.63. The van der Waals surface area contributed by atoms with Crippen molar-refractivity contribution in [2.24, 2.45) is 0 Å². The molecule has 108 valence electrons. The maximum absolute atomic E-state index is 5.99. The van der Waals surface area contributed by atoms with Gasteiger partial charge in [0, 0.05) is 6.61 Å². The summed E-state index contributed by atoms with van der Waals surface area (Å²) in [6, 6.07) is 3.69. The molecule has 0 bridgehead atoms. The highest BCUT2D eigenvalue weighted by Gasteiger charge is 2.23. The molecule has 1 saturated heterocycles. The molecule has 1 unspecified atom stereocenters. The Morgan fingerprint density at radius 1 is 1.40 bits per heavy atom. The summed E-state index contributed by atoms with van der Waals surface area (Å²) in [5.41, 5.74) is 1.59. The number of rotatable bonds is 3. The van der Waals surface area contributed by atoms with Crippen molar-refractivity contribution in [3.05, 3.63) is 17.3 Å². The van der Waals surface area contributed by atoms with Crippen LogP contribution in [0.25, 0.3) is 11.0 Å². The van der Waals surface area contributed by atoms with Gasteiger partial charge in [-0.15, -0.1) is 5.10 Å². The number of hydrogen-bond donors (Lipinski definition) is 0. The average molecular weight is 296 g/mol. The first-order chi connectivity index (χ1) is 9.65. The lowest BCUT2D eigenvalue weighted by Crippen LogP contribution is -2.19. The van der Waals surface area contributed by atoms with Crippen LogP contribution in [0.1, 0.15) is 39.3 Å². The van der Waals surface area contributed by atoms with Crippen molar-refractivity contribution >= 4 is 22.6 Å². The van der Waals surface area contributed by atoms with Crippen LogP contribution in [0.2, 0.25) is 5.15 Å². The van der Waals surface area contributed by atoms with E-state index in [0.29, 0.717) is 16.5 Å². The summed E-state index contributed by atoms with van der Waals surface area (Å²) in [7, 11) is 0. The standard InChI is InChI=1S/C14H18ClN3O2/c1-9(2)20-14-13-10(6-7-11(15)16-13)18(17-14)12-5-3-4-8-19-12/h6-7,9,12H,3-5,8H2,1-2H3. The van der Waals surface area contributed by atoms with E-state index >= 15 is 0 Å². The lowest BCUT2D eigenvalue weighted by molar-refractivity contribution is -0.0374. The second-order valence-electron chi connectivity index (χ2n) is 5.24. The molecule has 1 aliphatic rings. The largest absolute Gasteiger partial charge is 0.472 e. The van der Waals surface area contributed by atoms with Crippen LogP contribution in [0.15, 0.2) is 12.1 Å². The van der Waals surface area contributed by atoms with Gasteiger partial charge in [-0.2, -0.15) is 0 Å². The molecular formula is C14H18ClN3O2. The highest BCUT2D eigenvalue weighted by Crippen LogP contribution is 2.31. The monoisotopic (exact) mass is 295 g/mol. The number of fused-ring (bicyclic) bond motifs is 1. The van der Waals surface area contributed by atoms with Crippen LogP contribution in [0, 0.1) is 0 Å². The van der Waals surface area contributed by atoms with Crippen molar-refractivity contribution in [3.8, 4) is 5.88 Å². The molecule has 0 N–H and O–H groups in total. The Kier molecular flexibility index (Phi) is 3.81. The quantitative estimate of drug-likeness (QED) is 0.812. The van der Waals surface area contributed by atoms with Crippen LogP contribution in [0.5, 0.6) is 5.88 Å². The van der Waals surface area contributed by atoms with E-state index in [1.165, 1.54) is 0 Å². The highest BCUT2D eigenvalue weighted by atomic mass is 35.5. The molecule has 0 saturated carbocycles. The van der Waals surface area contributed by atoms with Crippen LogP contribution in [0.3, 0.4) is 0 Å². The summed E-state index contributed by atoms with van der Waals surface area (Å²) >= 11 is 5.99. The molecule has 1 atom stereocenters. The van der Waals surface area contributed by atoms with Gasteiger partial charge < -0.3 is 9.47 Å². The van der Waals surface area contributed by atoms with Crippen molar-refractivity contribution in [1.82, 2.24) is 14.8 Å². The van der Waals surface area contributed by atoms with Crippen LogP contribution in [-0.4, -0.2) is 27.5 Å². The van der Waals surface area contributed by atoms with Crippen LogP contribution < -0.4 is 4.74 Å². The fourth-order valence-corrected chi connectivity index (χ4v) is 2.56. The lowest BCUT2D eigenvalue weighted by atomic mass is 10.2. The Morgan fingerprint density at radius 3 is 2.95 bits per heavy atom. The predicted molar refractivity (Wildman–Crippen MR) is 77.1 cm³/mol. The van der Waals surface area contributed by atoms with Crippen molar-refractivity contribution in [2.45, 2.75) is 45.4 Å². The zero-order valence-corrected chi connectivity index (χ0v) is 12.4. The van der Waals surface area contributed by atoms with Gasteiger partial charge in [0.15, 0.2) is 11.7 Å². The Bertz CT molecular complexity index is 606. The molecule has 6 heteroatoms. The molecular weight excluding hydrogens is 278 g/mol. The van der Waals surface area contributed by atoms with Crippen molar-refractivity contribution in [2.75, 3.05) is 6.61 Å². The maximum atomic E-state index is 5.99. The first-order valence-corrected chi connectivity index (χ1v) is 7.36. The first-order valence-electron chi connectivity index (χ1n) is 6.98. The average Bonchev–Trinajstić information content (AvgIpc) is 2.77. The second kappa shape index (κ2) is 5.58. The van der Waals surface area contributed by atoms with E-state index in [2.05, 4.69) is 10.1 Å². The van der Waals surface area contributed by atoms with E-state index in [1.807, 2.05) is 24.6 Å². The van der Waals surface area contributed by atoms with Crippen molar-refractivity contribution in [3.63, 3.8) is 0 Å². The minimum Gasteiger partial charge on any atom is -0.472 e. The molecule has 1 aliphatic heterocycles. The van der Waals surface area contributed by atoms with E-state index in [-0.39, 0.29) is 12.3 Å². The van der Waals surface area contributed by atoms with Crippen LogP contribution in [0.4, 0.5) is 0 Å². The lowest BCUT2D eigenvalue weighted by Gasteiger charge is -2.23. The number of nitrogens with zero attached hydrogens (tertiary/aromatic N) is 3. The Balaban J connectivity index is 2.07. The Labute approximate surface area is 122 Å². The number of ether oxygens (including phenoxy) is 2. The molecule has 5 nitrogen and oxygen atoms in total. The molecule has 1 fully saturated rings. The summed E-state index contributed by atoms with van der Waals surface area (Å²) < 4.78 is 13.4. The third kappa shape index (κ3) is 2.60. The summed E-state index contributed by atoms with van der Waals surface area (Å²) in [5, 5.41) is 4.98. The topological polar surface area (TPSA) is 49.2 Å². The van der Waals surface area contributed by atoms with Gasteiger partial charge in [0.25, 0.3) is 5.88 Å². The first kappa shape index (κ1) is 13.6. The van der Waals surface area contributed by atoms with Gasteiger partial charge in [-0.3, -0.25) is 0 Å². The summed E-state index contributed by atoms with van der Waals surface area (Å²) in [6.45, 7) is 4.70. The molecule has 2 aromatic heterocycles. The van der Waals surface area contributed by atoms with Crippen LogP contribution >= 0.6 is 11.6 Å². The molecule has 0 radical (unpaired) electrons. The fraction of sp³-hybridized carbons (Fsp3) is 0.571. The number of aromatic nitrogens is 3.